The van der Waals surface area contributed by atoms with Crippen molar-refractivity contribution in [3.05, 3.63) is 34.3 Å². The van der Waals surface area contributed by atoms with Crippen LogP contribution in [-0.4, -0.2) is 16.6 Å². The highest BCUT2D eigenvalue weighted by atomic mass is 19.4. The first-order valence-electron chi connectivity index (χ1n) is 4.77. The van der Waals surface area contributed by atoms with Gasteiger partial charge in [-0.3, -0.25) is 0 Å². The molecule has 0 bridgehead atoms. The van der Waals surface area contributed by atoms with E-state index < -0.39 is 12.1 Å². The minimum absolute atomic E-state index is 0.105. The minimum Gasteiger partial charge on any atom is -0.405 e. The lowest BCUT2D eigenvalue weighted by molar-refractivity contribution is -0.274. The summed E-state index contributed by atoms with van der Waals surface area (Å²) in [5.41, 5.74) is 0.507. The van der Waals surface area contributed by atoms with Gasteiger partial charge in [0.25, 0.3) is 0 Å². The SMILES string of the molecule is Cc1ccc(-c2n[nH]c(=O)o2)cc1OC(F)(F)F. The summed E-state index contributed by atoms with van der Waals surface area (Å²) >= 11 is 0. The van der Waals surface area contributed by atoms with E-state index in [1.54, 1.807) is 0 Å². The summed E-state index contributed by atoms with van der Waals surface area (Å²) < 4.78 is 44.9. The van der Waals surface area contributed by atoms with Gasteiger partial charge in [-0.1, -0.05) is 6.07 Å². The second kappa shape index (κ2) is 4.21. The van der Waals surface area contributed by atoms with Crippen LogP contribution in [0.25, 0.3) is 11.5 Å². The molecule has 96 valence electrons. The molecule has 0 radical (unpaired) electrons. The monoisotopic (exact) mass is 260 g/mol. The molecule has 1 N–H and O–H groups in total. The maximum atomic E-state index is 12.1. The summed E-state index contributed by atoms with van der Waals surface area (Å²) in [6.07, 6.45) is -4.78. The van der Waals surface area contributed by atoms with Crippen molar-refractivity contribution in [2.45, 2.75) is 13.3 Å². The summed E-state index contributed by atoms with van der Waals surface area (Å²) in [6.45, 7) is 1.46. The first kappa shape index (κ1) is 12.2. The van der Waals surface area contributed by atoms with E-state index in [9.17, 15) is 18.0 Å². The molecular weight excluding hydrogens is 253 g/mol. The van der Waals surface area contributed by atoms with Crippen molar-refractivity contribution in [2.24, 2.45) is 0 Å². The zero-order valence-electron chi connectivity index (χ0n) is 9.04. The number of ether oxygens (including phenoxy) is 1. The fourth-order valence-electron chi connectivity index (χ4n) is 1.32. The van der Waals surface area contributed by atoms with Crippen LogP contribution in [0.1, 0.15) is 5.56 Å². The molecule has 0 aliphatic heterocycles. The lowest BCUT2D eigenvalue weighted by atomic mass is 10.1. The fourth-order valence-corrected chi connectivity index (χ4v) is 1.32. The molecule has 18 heavy (non-hydrogen) atoms. The van der Waals surface area contributed by atoms with Gasteiger partial charge in [0.1, 0.15) is 5.75 Å². The number of hydrogen-bond donors (Lipinski definition) is 1. The van der Waals surface area contributed by atoms with Crippen LogP contribution in [0.3, 0.4) is 0 Å². The van der Waals surface area contributed by atoms with Crippen LogP contribution in [0.5, 0.6) is 5.75 Å². The molecule has 0 saturated carbocycles. The zero-order chi connectivity index (χ0) is 13.3. The van der Waals surface area contributed by atoms with Gasteiger partial charge < -0.3 is 9.15 Å². The van der Waals surface area contributed by atoms with Gasteiger partial charge in [0.05, 0.1) is 0 Å². The maximum absolute atomic E-state index is 12.1. The Labute approximate surface area is 98.2 Å². The molecular formula is C10H7F3N2O3. The number of hydrogen-bond acceptors (Lipinski definition) is 4. The van der Waals surface area contributed by atoms with E-state index in [1.165, 1.54) is 19.1 Å². The Balaban J connectivity index is 2.40. The van der Waals surface area contributed by atoms with E-state index in [0.717, 1.165) is 6.07 Å². The molecule has 1 heterocycles. The van der Waals surface area contributed by atoms with Crippen LogP contribution in [0.4, 0.5) is 13.2 Å². The standard InChI is InChI=1S/C10H7F3N2O3/c1-5-2-3-6(8-14-15-9(16)17-8)4-7(5)18-10(11,12)13/h2-4H,1H3,(H,15,16). The third-order valence-electron chi connectivity index (χ3n) is 2.10. The number of alkyl halides is 3. The van der Waals surface area contributed by atoms with Crippen molar-refractivity contribution < 1.29 is 22.3 Å². The van der Waals surface area contributed by atoms with Crippen molar-refractivity contribution in [3.8, 4) is 17.2 Å². The number of benzene rings is 1. The molecule has 0 unspecified atom stereocenters. The van der Waals surface area contributed by atoms with Gasteiger partial charge in [-0.15, -0.1) is 18.3 Å². The predicted octanol–water partition coefficient (Wildman–Crippen LogP) is 2.24. The number of aryl methyl sites for hydroxylation is 1. The van der Waals surface area contributed by atoms with E-state index >= 15 is 0 Å². The van der Waals surface area contributed by atoms with E-state index in [-0.39, 0.29) is 17.2 Å². The fraction of sp³-hybridized carbons (Fsp3) is 0.200. The highest BCUT2D eigenvalue weighted by Crippen LogP contribution is 2.29. The number of aromatic amines is 1. The van der Waals surface area contributed by atoms with Gasteiger partial charge >= 0.3 is 12.1 Å². The van der Waals surface area contributed by atoms with Crippen LogP contribution in [0.2, 0.25) is 0 Å². The Morgan fingerprint density at radius 1 is 1.39 bits per heavy atom. The van der Waals surface area contributed by atoms with Crippen LogP contribution in [0, 0.1) is 6.92 Å². The molecule has 2 rings (SSSR count). The summed E-state index contributed by atoms with van der Waals surface area (Å²) in [7, 11) is 0. The second-order valence-electron chi connectivity index (χ2n) is 3.45. The summed E-state index contributed by atoms with van der Waals surface area (Å²) in [5.74, 6) is -1.26. The molecule has 2 aromatic rings. The first-order chi connectivity index (χ1) is 8.35. The summed E-state index contributed by atoms with van der Waals surface area (Å²) in [6, 6.07) is 3.98. The van der Waals surface area contributed by atoms with Crippen LogP contribution < -0.4 is 10.5 Å². The highest BCUT2D eigenvalue weighted by Gasteiger charge is 2.32. The van der Waals surface area contributed by atoms with Crippen LogP contribution >= 0.6 is 0 Å². The average molecular weight is 260 g/mol. The molecule has 0 aliphatic rings. The Hall–Kier alpha value is -2.25. The zero-order valence-corrected chi connectivity index (χ0v) is 9.04. The summed E-state index contributed by atoms with van der Waals surface area (Å²) in [4.78, 5) is 10.7. The third kappa shape index (κ3) is 2.70. The Morgan fingerprint density at radius 2 is 2.11 bits per heavy atom. The molecule has 0 saturated heterocycles. The van der Waals surface area contributed by atoms with E-state index in [0.29, 0.717) is 5.56 Å². The number of nitrogens with zero attached hydrogens (tertiary/aromatic N) is 1. The number of aromatic nitrogens is 2. The van der Waals surface area contributed by atoms with Gasteiger partial charge in [-0.25, -0.2) is 9.89 Å². The molecule has 0 aliphatic carbocycles. The normalized spacial score (nSPS) is 11.6. The smallest absolute Gasteiger partial charge is 0.405 e. The molecule has 0 fully saturated rings. The van der Waals surface area contributed by atoms with E-state index in [1.807, 2.05) is 5.10 Å². The highest BCUT2D eigenvalue weighted by molar-refractivity contribution is 5.57. The molecule has 0 amide bonds. The van der Waals surface area contributed by atoms with Crippen molar-refractivity contribution in [2.75, 3.05) is 0 Å². The van der Waals surface area contributed by atoms with Crippen LogP contribution in [0.15, 0.2) is 27.4 Å². The average Bonchev–Trinajstić information content (AvgIpc) is 2.66. The molecule has 5 nitrogen and oxygen atoms in total. The van der Waals surface area contributed by atoms with Gasteiger partial charge in [0.15, 0.2) is 0 Å². The van der Waals surface area contributed by atoms with Gasteiger partial charge in [-0.05, 0) is 24.6 Å². The number of rotatable bonds is 2. The topological polar surface area (TPSA) is 68.1 Å². The van der Waals surface area contributed by atoms with E-state index in [2.05, 4.69) is 14.3 Å². The maximum Gasteiger partial charge on any atom is 0.573 e. The van der Waals surface area contributed by atoms with Crippen molar-refractivity contribution >= 4 is 0 Å². The van der Waals surface area contributed by atoms with Crippen LogP contribution in [-0.2, 0) is 0 Å². The van der Waals surface area contributed by atoms with Crippen molar-refractivity contribution in [1.82, 2.24) is 10.2 Å². The molecule has 1 aromatic carbocycles. The summed E-state index contributed by atoms with van der Waals surface area (Å²) in [5, 5.41) is 5.53. The molecule has 8 heteroatoms. The molecule has 1 aromatic heterocycles. The Kier molecular flexibility index (Phi) is 2.85. The number of nitrogens with one attached hydrogen (secondary N) is 1. The van der Waals surface area contributed by atoms with Gasteiger partial charge in [-0.2, -0.15) is 0 Å². The Morgan fingerprint density at radius 3 is 2.67 bits per heavy atom. The van der Waals surface area contributed by atoms with Crippen molar-refractivity contribution in [3.63, 3.8) is 0 Å². The number of H-pyrrole nitrogens is 1. The lowest BCUT2D eigenvalue weighted by Crippen LogP contribution is -2.17. The Bertz CT molecular complexity index is 615. The second-order valence-corrected chi connectivity index (χ2v) is 3.45. The largest absolute Gasteiger partial charge is 0.573 e. The molecule has 0 spiro atoms. The predicted molar refractivity (Wildman–Crippen MR) is 54.0 cm³/mol. The molecule has 0 atom stereocenters. The third-order valence-corrected chi connectivity index (χ3v) is 2.10. The number of halogens is 3. The quantitative estimate of drug-likeness (QED) is 0.899. The van der Waals surface area contributed by atoms with E-state index in [4.69, 9.17) is 0 Å². The lowest BCUT2D eigenvalue weighted by Gasteiger charge is -2.11. The van der Waals surface area contributed by atoms with Gasteiger partial charge in [0, 0.05) is 5.56 Å². The van der Waals surface area contributed by atoms with Crippen molar-refractivity contribution in [1.29, 1.82) is 0 Å². The first-order valence-corrected chi connectivity index (χ1v) is 4.77. The minimum atomic E-state index is -4.78. The van der Waals surface area contributed by atoms with Gasteiger partial charge in [0.2, 0.25) is 5.89 Å².